The third-order valence-electron chi connectivity index (χ3n) is 2.87. The fraction of sp³-hybridized carbons (Fsp3) is 0. The van der Waals surface area contributed by atoms with Crippen molar-refractivity contribution < 1.29 is 9.90 Å². The molecule has 0 bridgehead atoms. The maximum atomic E-state index is 10.9. The average molecular weight is 275 g/mol. The number of rotatable bonds is 2. The van der Waals surface area contributed by atoms with Crippen LogP contribution in [0.2, 0.25) is 0 Å². The fourth-order valence-corrected chi connectivity index (χ4v) is 2.01. The Labute approximate surface area is 115 Å². The summed E-state index contributed by atoms with van der Waals surface area (Å²) < 4.78 is 0. The summed E-state index contributed by atoms with van der Waals surface area (Å²) in [6, 6.07) is 11.2. The Morgan fingerprint density at radius 3 is 2.63 bits per heavy atom. The van der Waals surface area contributed by atoms with E-state index in [2.05, 4.69) is 9.97 Å². The van der Waals surface area contributed by atoms with Gasteiger partial charge in [-0.1, -0.05) is 24.3 Å². The van der Waals surface area contributed by atoms with E-state index >= 15 is 0 Å². The second kappa shape index (κ2) is 5.12. The molecular formula is C14H11ClN2O2. The Morgan fingerprint density at radius 1 is 1.11 bits per heavy atom. The van der Waals surface area contributed by atoms with E-state index in [0.29, 0.717) is 0 Å². The summed E-state index contributed by atoms with van der Waals surface area (Å²) >= 11 is 0. The molecule has 0 aliphatic heterocycles. The van der Waals surface area contributed by atoms with Gasteiger partial charge in [0.25, 0.3) is 0 Å². The maximum Gasteiger partial charge on any atom is 0.352 e. The SMILES string of the molecule is Cl.O=C(O)c1ccc(-c2cncc3ccccc23)[nH]1. The summed E-state index contributed by atoms with van der Waals surface area (Å²) in [5, 5.41) is 11.0. The number of nitrogens with zero attached hydrogens (tertiary/aromatic N) is 1. The van der Waals surface area contributed by atoms with Gasteiger partial charge in [0, 0.05) is 29.0 Å². The second-order valence-corrected chi connectivity index (χ2v) is 4.00. The van der Waals surface area contributed by atoms with Gasteiger partial charge in [-0.3, -0.25) is 4.98 Å². The van der Waals surface area contributed by atoms with Gasteiger partial charge < -0.3 is 10.1 Å². The molecule has 2 N–H and O–H groups in total. The maximum absolute atomic E-state index is 10.9. The molecule has 5 heteroatoms. The lowest BCUT2D eigenvalue weighted by molar-refractivity contribution is 0.0691. The zero-order valence-electron chi connectivity index (χ0n) is 9.83. The average Bonchev–Trinajstić information content (AvgIpc) is 2.87. The number of carbonyl (C=O) groups is 1. The molecule has 0 saturated carbocycles. The molecule has 0 fully saturated rings. The molecular weight excluding hydrogens is 264 g/mol. The van der Waals surface area contributed by atoms with Crippen molar-refractivity contribution in [1.29, 1.82) is 0 Å². The van der Waals surface area contributed by atoms with E-state index in [4.69, 9.17) is 5.11 Å². The van der Waals surface area contributed by atoms with Gasteiger partial charge in [0.05, 0.1) is 0 Å². The first-order valence-corrected chi connectivity index (χ1v) is 5.51. The van der Waals surface area contributed by atoms with Crippen LogP contribution in [-0.4, -0.2) is 21.0 Å². The Bertz CT molecular complexity index is 732. The van der Waals surface area contributed by atoms with Crippen molar-refractivity contribution in [1.82, 2.24) is 9.97 Å². The number of carboxylic acids is 1. The summed E-state index contributed by atoms with van der Waals surface area (Å²) in [6.07, 6.45) is 3.53. The summed E-state index contributed by atoms with van der Waals surface area (Å²) in [7, 11) is 0. The monoisotopic (exact) mass is 274 g/mol. The number of H-pyrrole nitrogens is 1. The summed E-state index contributed by atoms with van der Waals surface area (Å²) in [5.74, 6) is -0.963. The van der Waals surface area contributed by atoms with E-state index < -0.39 is 5.97 Å². The van der Waals surface area contributed by atoms with Crippen LogP contribution < -0.4 is 0 Å². The number of fused-ring (bicyclic) bond motifs is 1. The fourth-order valence-electron chi connectivity index (χ4n) is 2.01. The van der Waals surface area contributed by atoms with E-state index in [1.807, 2.05) is 24.3 Å². The highest BCUT2D eigenvalue weighted by Crippen LogP contribution is 2.26. The molecule has 19 heavy (non-hydrogen) atoms. The minimum atomic E-state index is -0.963. The van der Waals surface area contributed by atoms with E-state index in [9.17, 15) is 4.79 Å². The van der Waals surface area contributed by atoms with Gasteiger partial charge in [-0.15, -0.1) is 12.4 Å². The molecule has 0 unspecified atom stereocenters. The van der Waals surface area contributed by atoms with Crippen LogP contribution in [0.15, 0.2) is 48.8 Å². The zero-order chi connectivity index (χ0) is 12.5. The molecule has 0 saturated heterocycles. The zero-order valence-corrected chi connectivity index (χ0v) is 10.6. The second-order valence-electron chi connectivity index (χ2n) is 4.00. The largest absolute Gasteiger partial charge is 0.477 e. The molecule has 1 aromatic carbocycles. The highest BCUT2D eigenvalue weighted by atomic mass is 35.5. The molecule has 4 nitrogen and oxygen atoms in total. The number of hydrogen-bond acceptors (Lipinski definition) is 2. The summed E-state index contributed by atoms with van der Waals surface area (Å²) in [5.41, 5.74) is 1.84. The van der Waals surface area contributed by atoms with Crippen molar-refractivity contribution in [2.24, 2.45) is 0 Å². The van der Waals surface area contributed by atoms with E-state index in [1.54, 1.807) is 24.5 Å². The van der Waals surface area contributed by atoms with Crippen LogP contribution >= 0.6 is 12.4 Å². The first-order chi connectivity index (χ1) is 8.75. The number of pyridine rings is 1. The Kier molecular flexibility index (Phi) is 3.53. The van der Waals surface area contributed by atoms with Gasteiger partial charge in [-0.05, 0) is 17.5 Å². The highest BCUT2D eigenvalue weighted by molar-refractivity contribution is 5.96. The molecule has 2 aromatic heterocycles. The first kappa shape index (κ1) is 13.1. The molecule has 96 valence electrons. The van der Waals surface area contributed by atoms with Crippen LogP contribution in [0.25, 0.3) is 22.0 Å². The van der Waals surface area contributed by atoms with Crippen LogP contribution in [0.1, 0.15) is 10.5 Å². The smallest absolute Gasteiger partial charge is 0.352 e. The van der Waals surface area contributed by atoms with E-state index in [-0.39, 0.29) is 18.1 Å². The predicted octanol–water partition coefficient (Wildman–Crippen LogP) is 3.35. The number of carboxylic acid groups (broad SMARTS) is 1. The van der Waals surface area contributed by atoms with Crippen molar-refractivity contribution in [2.45, 2.75) is 0 Å². The first-order valence-electron chi connectivity index (χ1n) is 5.51. The van der Waals surface area contributed by atoms with Crippen molar-refractivity contribution in [2.75, 3.05) is 0 Å². The van der Waals surface area contributed by atoms with Crippen LogP contribution in [0, 0.1) is 0 Å². The van der Waals surface area contributed by atoms with Crippen molar-refractivity contribution in [3.8, 4) is 11.3 Å². The van der Waals surface area contributed by atoms with Gasteiger partial charge in [0.15, 0.2) is 0 Å². The van der Waals surface area contributed by atoms with Crippen molar-refractivity contribution in [3.05, 3.63) is 54.5 Å². The summed E-state index contributed by atoms with van der Waals surface area (Å²) in [6.45, 7) is 0. The van der Waals surface area contributed by atoms with Crippen LogP contribution in [-0.2, 0) is 0 Å². The third kappa shape index (κ3) is 2.30. The lowest BCUT2D eigenvalue weighted by atomic mass is 10.1. The third-order valence-corrected chi connectivity index (χ3v) is 2.87. The number of aromatic amines is 1. The lowest BCUT2D eigenvalue weighted by Gasteiger charge is -2.03. The quantitative estimate of drug-likeness (QED) is 0.753. The Morgan fingerprint density at radius 2 is 1.89 bits per heavy atom. The number of aromatic carboxylic acids is 1. The standard InChI is InChI=1S/C14H10N2O2.ClH/c17-14(18)13-6-5-12(16-13)11-8-15-7-9-3-1-2-4-10(9)11;/h1-8,16H,(H,17,18);1H. The molecule has 3 aromatic rings. The van der Waals surface area contributed by atoms with Gasteiger partial charge in [0.1, 0.15) is 5.69 Å². The molecule has 0 amide bonds. The number of aromatic nitrogens is 2. The van der Waals surface area contributed by atoms with Crippen LogP contribution in [0.3, 0.4) is 0 Å². The van der Waals surface area contributed by atoms with Gasteiger partial charge in [0.2, 0.25) is 0 Å². The normalized spacial score (nSPS) is 10.1. The molecule has 3 rings (SSSR count). The number of hydrogen-bond donors (Lipinski definition) is 2. The van der Waals surface area contributed by atoms with Crippen LogP contribution in [0.5, 0.6) is 0 Å². The van der Waals surface area contributed by atoms with E-state index in [1.165, 1.54) is 0 Å². The number of nitrogens with one attached hydrogen (secondary N) is 1. The number of halogens is 1. The Balaban J connectivity index is 0.00000133. The van der Waals surface area contributed by atoms with Gasteiger partial charge in [-0.2, -0.15) is 0 Å². The van der Waals surface area contributed by atoms with Crippen molar-refractivity contribution in [3.63, 3.8) is 0 Å². The molecule has 0 spiro atoms. The Hall–Kier alpha value is -2.33. The van der Waals surface area contributed by atoms with Gasteiger partial charge >= 0.3 is 5.97 Å². The highest BCUT2D eigenvalue weighted by Gasteiger charge is 2.09. The van der Waals surface area contributed by atoms with Crippen LogP contribution in [0.4, 0.5) is 0 Å². The number of benzene rings is 1. The van der Waals surface area contributed by atoms with Crippen molar-refractivity contribution >= 4 is 29.1 Å². The van der Waals surface area contributed by atoms with Gasteiger partial charge in [-0.25, -0.2) is 4.79 Å². The molecule has 0 radical (unpaired) electrons. The minimum absolute atomic E-state index is 0. The molecule has 2 heterocycles. The molecule has 0 aliphatic carbocycles. The van der Waals surface area contributed by atoms with E-state index in [0.717, 1.165) is 22.0 Å². The topological polar surface area (TPSA) is 66.0 Å². The molecule has 0 aliphatic rings. The minimum Gasteiger partial charge on any atom is -0.477 e. The lowest BCUT2D eigenvalue weighted by Crippen LogP contribution is -1.95. The molecule has 0 atom stereocenters. The summed E-state index contributed by atoms with van der Waals surface area (Å²) in [4.78, 5) is 17.9. The predicted molar refractivity (Wildman–Crippen MR) is 75.7 cm³/mol.